The third kappa shape index (κ3) is 310. The Morgan fingerprint density at radius 1 is 0.667 bits per heavy atom. The van der Waals surface area contributed by atoms with Gasteiger partial charge in [-0.3, -0.25) is 0 Å². The molecule has 12 heteroatoms. The van der Waals surface area contributed by atoms with Crippen LogP contribution in [0.2, 0.25) is 0 Å². The molecule has 8 N–H and O–H groups in total. The zero-order chi connectivity index (χ0) is 9.00. The fraction of sp³-hybridized carbons (Fsp3) is 0. The van der Waals surface area contributed by atoms with Gasteiger partial charge in [0, 0.05) is 0 Å². The summed E-state index contributed by atoms with van der Waals surface area (Å²) in [6.45, 7) is 0. The van der Waals surface area contributed by atoms with Crippen molar-refractivity contribution >= 4 is 84.5 Å². The van der Waals surface area contributed by atoms with E-state index in [2.05, 4.69) is 0 Å². The van der Waals surface area contributed by atoms with Crippen molar-refractivity contribution in [2.24, 2.45) is 0 Å². The summed E-state index contributed by atoms with van der Waals surface area (Å²) in [6, 6.07) is 0. The van der Waals surface area contributed by atoms with Crippen molar-refractivity contribution in [2.75, 3.05) is 0 Å². The Balaban J connectivity index is -0.0000000457. The first kappa shape index (κ1) is 23.8. The average Bonchev–Trinajstić information content (AvgIpc) is 1.12. The molecule has 0 aliphatic heterocycles. The van der Waals surface area contributed by atoms with Gasteiger partial charge in [-0.05, 0) is 0 Å². The maximum atomic E-state index is 8.88. The first-order valence-electron chi connectivity index (χ1n) is 1.57. The van der Waals surface area contributed by atoms with Gasteiger partial charge in [-0.1, -0.05) is 0 Å². The van der Waals surface area contributed by atoms with Crippen LogP contribution < -0.4 is 0 Å². The van der Waals surface area contributed by atoms with Gasteiger partial charge in [0.25, 0.3) is 0 Å². The van der Waals surface area contributed by atoms with Crippen molar-refractivity contribution in [3.05, 3.63) is 0 Å². The van der Waals surface area contributed by atoms with Gasteiger partial charge in [-0.15, -0.1) is 0 Å². The molecule has 74 valence electrons. The van der Waals surface area contributed by atoms with Crippen LogP contribution in [0.3, 0.4) is 0 Å². The summed E-state index contributed by atoms with van der Waals surface area (Å²) in [4.78, 5) is 43.1. The van der Waals surface area contributed by atoms with Gasteiger partial charge in [0.05, 0.1) is 0 Å². The van der Waals surface area contributed by atoms with E-state index in [1.54, 1.807) is 0 Å². The first-order chi connectivity index (χ1) is 4.00. The molecule has 0 heterocycles. The molecular formula is H9CsO9P2. The molecule has 0 fully saturated rings. The van der Waals surface area contributed by atoms with Gasteiger partial charge in [-0.25, -0.2) is 9.13 Å². The molecule has 0 aliphatic carbocycles. The Bertz CT molecular complexity index is 125. The summed E-state index contributed by atoms with van der Waals surface area (Å²) in [5.74, 6) is 0. The van der Waals surface area contributed by atoms with Crippen LogP contribution in [-0.4, -0.2) is 104 Å². The molecule has 0 aromatic rings. The van der Waals surface area contributed by atoms with Crippen LogP contribution in [0.15, 0.2) is 0 Å². The first-order valence-corrected chi connectivity index (χ1v) is 4.70. The predicted octanol–water partition coefficient (Wildman–Crippen LogP) is -3.33. The zero-order valence-corrected chi connectivity index (χ0v) is 6.68. The number of phosphoric acid groups is 2. The van der Waals surface area contributed by atoms with Gasteiger partial charge in [0.15, 0.2) is 0 Å². The summed E-state index contributed by atoms with van der Waals surface area (Å²) in [7, 11) is -9.28. The zero-order valence-electron chi connectivity index (χ0n) is 4.89. The Hall–Kier alpha value is 2.23. The topological polar surface area (TPSA) is 187 Å². The van der Waals surface area contributed by atoms with Crippen LogP contribution in [-0.2, 0) is 9.13 Å². The normalized spacial score (nSPS) is 9.83. The Kier molecular flexibility index (Phi) is 19.4. The van der Waals surface area contributed by atoms with Crippen molar-refractivity contribution in [2.45, 2.75) is 0 Å². The Labute approximate surface area is 126 Å². The standard InChI is InChI=1S/Cs.2H3O4P.H2O.H/c;2*1-5(2,3)4;;/h;2*(H3,1,2,3,4);1H2;. The van der Waals surface area contributed by atoms with E-state index in [1.807, 2.05) is 0 Å². The third-order valence-corrected chi connectivity index (χ3v) is 0. The maximum absolute atomic E-state index is 8.88. The molecule has 0 atom stereocenters. The van der Waals surface area contributed by atoms with E-state index in [1.165, 1.54) is 0 Å². The summed E-state index contributed by atoms with van der Waals surface area (Å²) >= 11 is 0. The van der Waals surface area contributed by atoms with E-state index in [0.29, 0.717) is 0 Å². The summed E-state index contributed by atoms with van der Waals surface area (Å²) in [6.07, 6.45) is 0. The second-order valence-corrected chi connectivity index (χ2v) is 3.08. The summed E-state index contributed by atoms with van der Waals surface area (Å²) in [5.41, 5.74) is 0. The van der Waals surface area contributed by atoms with Crippen LogP contribution in [0.4, 0.5) is 0 Å². The minimum absolute atomic E-state index is 0. The number of hydrogen-bond donors (Lipinski definition) is 6. The molecule has 0 rings (SSSR count). The van der Waals surface area contributed by atoms with Crippen LogP contribution in [0.5, 0.6) is 0 Å². The molecular weight excluding hydrogens is 339 g/mol. The molecule has 0 radical (unpaired) electrons. The van der Waals surface area contributed by atoms with E-state index in [9.17, 15) is 0 Å². The van der Waals surface area contributed by atoms with E-state index in [4.69, 9.17) is 38.5 Å². The van der Waals surface area contributed by atoms with Gasteiger partial charge < -0.3 is 34.8 Å². The number of rotatable bonds is 0. The van der Waals surface area contributed by atoms with E-state index >= 15 is 0 Å². The Morgan fingerprint density at radius 2 is 0.667 bits per heavy atom. The molecule has 0 saturated heterocycles. The predicted molar refractivity (Wildman–Crippen MR) is 39.3 cm³/mol. The summed E-state index contributed by atoms with van der Waals surface area (Å²) < 4.78 is 17.8. The molecule has 0 aliphatic rings. The van der Waals surface area contributed by atoms with Gasteiger partial charge in [0.1, 0.15) is 0 Å². The SMILES string of the molecule is O.O=P(O)(O)O.O=P(O)(O)O.[CsH]. The molecule has 0 unspecified atom stereocenters. The fourth-order valence-corrected chi connectivity index (χ4v) is 0. The van der Waals surface area contributed by atoms with Crippen LogP contribution >= 0.6 is 15.6 Å². The molecule has 0 aromatic carbocycles. The van der Waals surface area contributed by atoms with Crippen molar-refractivity contribution in [3.8, 4) is 0 Å². The molecule has 0 aromatic heterocycles. The van der Waals surface area contributed by atoms with Crippen molar-refractivity contribution in [1.29, 1.82) is 0 Å². The Morgan fingerprint density at radius 3 is 0.667 bits per heavy atom. The molecule has 0 spiro atoms. The molecule has 9 nitrogen and oxygen atoms in total. The van der Waals surface area contributed by atoms with Gasteiger partial charge in [0.2, 0.25) is 0 Å². The molecule has 0 amide bonds. The second-order valence-electron chi connectivity index (χ2n) is 1.03. The van der Waals surface area contributed by atoms with Crippen LogP contribution in [0, 0.1) is 0 Å². The minimum atomic E-state index is -4.64. The fourth-order valence-electron chi connectivity index (χ4n) is 0. The second kappa shape index (κ2) is 9.77. The van der Waals surface area contributed by atoms with E-state index < -0.39 is 15.6 Å². The number of hydrogen-bond acceptors (Lipinski definition) is 2. The summed E-state index contributed by atoms with van der Waals surface area (Å²) in [5, 5.41) is 0. The van der Waals surface area contributed by atoms with Crippen molar-refractivity contribution in [3.63, 3.8) is 0 Å². The van der Waals surface area contributed by atoms with Crippen molar-refractivity contribution in [1.82, 2.24) is 0 Å². The van der Waals surface area contributed by atoms with Crippen LogP contribution in [0.1, 0.15) is 0 Å². The monoisotopic (exact) mass is 348 g/mol. The van der Waals surface area contributed by atoms with Crippen molar-refractivity contribution < 1.29 is 44.0 Å². The van der Waals surface area contributed by atoms with Gasteiger partial charge >= 0.3 is 84.5 Å². The average molecular weight is 348 g/mol. The van der Waals surface area contributed by atoms with E-state index in [-0.39, 0.29) is 74.4 Å². The molecule has 12 heavy (non-hydrogen) atoms. The van der Waals surface area contributed by atoms with E-state index in [0.717, 1.165) is 0 Å². The third-order valence-electron chi connectivity index (χ3n) is 0. The van der Waals surface area contributed by atoms with Crippen LogP contribution in [0.25, 0.3) is 0 Å². The molecule has 0 bridgehead atoms. The van der Waals surface area contributed by atoms with Gasteiger partial charge in [-0.2, -0.15) is 0 Å². The quantitative estimate of drug-likeness (QED) is 0.245. The molecule has 0 saturated carbocycles.